The van der Waals surface area contributed by atoms with Gasteiger partial charge in [-0.1, -0.05) is 36.3 Å². The summed E-state index contributed by atoms with van der Waals surface area (Å²) in [5.74, 6) is 3.86. The van der Waals surface area contributed by atoms with Gasteiger partial charge in [-0.2, -0.15) is 5.10 Å². The third-order valence-corrected chi connectivity index (χ3v) is 5.37. The van der Waals surface area contributed by atoms with Gasteiger partial charge in [-0.25, -0.2) is 4.68 Å². The number of aromatic nitrogens is 2. The quantitative estimate of drug-likeness (QED) is 0.346. The lowest BCUT2D eigenvalue weighted by atomic mass is 10.2. The van der Waals surface area contributed by atoms with Gasteiger partial charge in [0, 0.05) is 19.1 Å². The Balaban J connectivity index is 1.94. The number of aliphatic hydroxyl groups excluding tert-OH is 1. The Morgan fingerprint density at radius 2 is 1.88 bits per heavy atom. The molecular weight excluding hydrogens is 414 g/mol. The average molecular weight is 448 g/mol. The van der Waals surface area contributed by atoms with Crippen LogP contribution < -0.4 is 4.74 Å². The Morgan fingerprint density at radius 3 is 2.55 bits per heavy atom. The summed E-state index contributed by atoms with van der Waals surface area (Å²) in [6.45, 7) is 9.64. The van der Waals surface area contributed by atoms with E-state index >= 15 is 0 Å². The summed E-state index contributed by atoms with van der Waals surface area (Å²) >= 11 is 0. The van der Waals surface area contributed by atoms with E-state index in [2.05, 4.69) is 24.7 Å². The molecule has 3 aromatic rings. The SMILES string of the molecule is C#CCOCC(O)CN(Cc1c(C)nn(-c2ccccc2)c1Oc1cccc(C)c1)C(C)C. The number of aryl methyl sites for hydroxylation is 2. The molecule has 3 rings (SSSR count). The number of terminal acetylenes is 1. The van der Waals surface area contributed by atoms with Crippen molar-refractivity contribution in [3.8, 4) is 29.7 Å². The largest absolute Gasteiger partial charge is 0.439 e. The molecule has 1 aromatic heterocycles. The fourth-order valence-corrected chi connectivity index (χ4v) is 3.60. The molecule has 0 spiro atoms. The highest BCUT2D eigenvalue weighted by molar-refractivity contribution is 5.43. The predicted molar refractivity (Wildman–Crippen MR) is 131 cm³/mol. The maximum absolute atomic E-state index is 10.5. The fraction of sp³-hybridized carbons (Fsp3) is 0.370. The van der Waals surface area contributed by atoms with E-state index in [1.165, 1.54) is 0 Å². The summed E-state index contributed by atoms with van der Waals surface area (Å²) in [7, 11) is 0. The van der Waals surface area contributed by atoms with Gasteiger partial charge in [0.05, 0.1) is 29.7 Å². The highest BCUT2D eigenvalue weighted by Crippen LogP contribution is 2.32. The normalized spacial score (nSPS) is 12.2. The van der Waals surface area contributed by atoms with Crippen LogP contribution in [0.25, 0.3) is 5.69 Å². The van der Waals surface area contributed by atoms with Crippen molar-refractivity contribution in [3.05, 3.63) is 71.4 Å². The summed E-state index contributed by atoms with van der Waals surface area (Å²) in [4.78, 5) is 2.19. The van der Waals surface area contributed by atoms with Gasteiger partial charge in [-0.05, 0) is 57.5 Å². The van der Waals surface area contributed by atoms with E-state index in [0.717, 1.165) is 28.3 Å². The Labute approximate surface area is 196 Å². The molecule has 33 heavy (non-hydrogen) atoms. The molecule has 0 aliphatic rings. The van der Waals surface area contributed by atoms with E-state index in [9.17, 15) is 5.11 Å². The number of ether oxygens (including phenoxy) is 2. The number of nitrogens with zero attached hydrogens (tertiary/aromatic N) is 3. The number of benzene rings is 2. The minimum atomic E-state index is -0.647. The van der Waals surface area contributed by atoms with Crippen molar-refractivity contribution in [2.45, 2.75) is 46.4 Å². The first-order valence-corrected chi connectivity index (χ1v) is 11.2. The molecule has 1 heterocycles. The Morgan fingerprint density at radius 1 is 1.12 bits per heavy atom. The van der Waals surface area contributed by atoms with E-state index in [4.69, 9.17) is 21.0 Å². The molecule has 0 amide bonds. The van der Waals surface area contributed by atoms with Crippen LogP contribution in [0.2, 0.25) is 0 Å². The third-order valence-electron chi connectivity index (χ3n) is 5.37. The molecule has 2 aromatic carbocycles. The molecule has 174 valence electrons. The standard InChI is InChI=1S/C27H33N3O3/c1-6-15-32-19-24(31)17-29(20(2)3)18-26-22(5)28-30(23-12-8-7-9-13-23)27(26)33-25-14-10-11-21(4)16-25/h1,7-14,16,20,24,31H,15,17-19H2,2-5H3. The monoisotopic (exact) mass is 447 g/mol. The van der Waals surface area contributed by atoms with Crippen molar-refractivity contribution >= 4 is 0 Å². The minimum Gasteiger partial charge on any atom is -0.439 e. The molecule has 0 saturated carbocycles. The Hall–Kier alpha value is -3.11. The van der Waals surface area contributed by atoms with Gasteiger partial charge in [-0.3, -0.25) is 4.90 Å². The lowest BCUT2D eigenvalue weighted by Crippen LogP contribution is -2.39. The zero-order valence-electron chi connectivity index (χ0n) is 19.9. The molecule has 0 fully saturated rings. The summed E-state index contributed by atoms with van der Waals surface area (Å²) in [5.41, 5.74) is 3.90. The van der Waals surface area contributed by atoms with Gasteiger partial charge in [0.2, 0.25) is 5.88 Å². The highest BCUT2D eigenvalue weighted by Gasteiger charge is 2.24. The Bertz CT molecular complexity index is 1070. The van der Waals surface area contributed by atoms with Crippen molar-refractivity contribution in [2.75, 3.05) is 19.8 Å². The number of para-hydroxylation sites is 1. The van der Waals surface area contributed by atoms with Crippen LogP contribution in [0.15, 0.2) is 54.6 Å². The van der Waals surface area contributed by atoms with Crippen molar-refractivity contribution in [1.82, 2.24) is 14.7 Å². The molecule has 0 radical (unpaired) electrons. The zero-order valence-corrected chi connectivity index (χ0v) is 19.9. The van der Waals surface area contributed by atoms with Gasteiger partial charge < -0.3 is 14.6 Å². The third kappa shape index (κ3) is 6.69. The van der Waals surface area contributed by atoms with Gasteiger partial charge in [0.1, 0.15) is 12.4 Å². The van der Waals surface area contributed by atoms with Crippen LogP contribution in [0.1, 0.15) is 30.7 Å². The molecule has 1 atom stereocenters. The number of aliphatic hydroxyl groups is 1. The summed E-state index contributed by atoms with van der Waals surface area (Å²) in [6.07, 6.45) is 4.59. The van der Waals surface area contributed by atoms with E-state index in [0.29, 0.717) is 19.0 Å². The van der Waals surface area contributed by atoms with Crippen molar-refractivity contribution in [3.63, 3.8) is 0 Å². The van der Waals surface area contributed by atoms with Crippen molar-refractivity contribution in [2.24, 2.45) is 0 Å². The van der Waals surface area contributed by atoms with Crippen LogP contribution in [0.3, 0.4) is 0 Å². The van der Waals surface area contributed by atoms with Crippen molar-refractivity contribution < 1.29 is 14.6 Å². The number of hydrogen-bond donors (Lipinski definition) is 1. The lowest BCUT2D eigenvalue weighted by molar-refractivity contribution is 0.0190. The van der Waals surface area contributed by atoms with Gasteiger partial charge in [-0.15, -0.1) is 6.42 Å². The van der Waals surface area contributed by atoms with Crippen LogP contribution in [-0.2, 0) is 11.3 Å². The van der Waals surface area contributed by atoms with Crippen LogP contribution in [0, 0.1) is 26.2 Å². The lowest BCUT2D eigenvalue weighted by Gasteiger charge is -2.29. The van der Waals surface area contributed by atoms with Crippen LogP contribution in [0.5, 0.6) is 11.6 Å². The number of hydrogen-bond acceptors (Lipinski definition) is 5. The van der Waals surface area contributed by atoms with Crippen LogP contribution in [0.4, 0.5) is 0 Å². The second kappa shape index (κ2) is 11.7. The van der Waals surface area contributed by atoms with Gasteiger partial charge in [0.25, 0.3) is 0 Å². The first-order chi connectivity index (χ1) is 15.9. The fourth-order valence-electron chi connectivity index (χ4n) is 3.60. The second-order valence-corrected chi connectivity index (χ2v) is 8.43. The van der Waals surface area contributed by atoms with Crippen LogP contribution >= 0.6 is 0 Å². The molecule has 1 unspecified atom stereocenters. The number of rotatable bonds is 11. The molecule has 0 aliphatic heterocycles. The zero-order chi connectivity index (χ0) is 23.8. The summed E-state index contributed by atoms with van der Waals surface area (Å²) < 4.78 is 13.6. The maximum Gasteiger partial charge on any atom is 0.227 e. The maximum atomic E-state index is 10.5. The molecular formula is C27H33N3O3. The molecule has 6 heteroatoms. The first kappa shape index (κ1) is 24.5. The molecule has 0 aliphatic carbocycles. The van der Waals surface area contributed by atoms with E-state index in [1.54, 1.807) is 0 Å². The Kier molecular flexibility index (Phi) is 8.67. The first-order valence-electron chi connectivity index (χ1n) is 11.2. The summed E-state index contributed by atoms with van der Waals surface area (Å²) in [5, 5.41) is 15.3. The molecule has 1 N–H and O–H groups in total. The second-order valence-electron chi connectivity index (χ2n) is 8.43. The average Bonchev–Trinajstić information content (AvgIpc) is 3.09. The molecule has 6 nitrogen and oxygen atoms in total. The molecule has 0 bridgehead atoms. The molecule has 0 saturated heterocycles. The van der Waals surface area contributed by atoms with E-state index < -0.39 is 6.10 Å². The smallest absolute Gasteiger partial charge is 0.227 e. The van der Waals surface area contributed by atoms with E-state index in [-0.39, 0.29) is 19.3 Å². The highest BCUT2D eigenvalue weighted by atomic mass is 16.5. The van der Waals surface area contributed by atoms with Gasteiger partial charge >= 0.3 is 0 Å². The van der Waals surface area contributed by atoms with Crippen molar-refractivity contribution in [1.29, 1.82) is 0 Å². The van der Waals surface area contributed by atoms with E-state index in [1.807, 2.05) is 73.1 Å². The van der Waals surface area contributed by atoms with Crippen LogP contribution in [-0.4, -0.2) is 51.7 Å². The predicted octanol–water partition coefficient (Wildman–Crippen LogP) is 4.50. The minimum absolute atomic E-state index is 0.191. The topological polar surface area (TPSA) is 59.8 Å². The van der Waals surface area contributed by atoms with Gasteiger partial charge in [0.15, 0.2) is 0 Å². The summed E-state index contributed by atoms with van der Waals surface area (Å²) in [6, 6.07) is 18.1.